The van der Waals surface area contributed by atoms with E-state index in [2.05, 4.69) is 20.7 Å². The summed E-state index contributed by atoms with van der Waals surface area (Å²) in [5.41, 5.74) is -0.129. The number of carbonyl (C=O) groups excluding carboxylic acids is 1. The van der Waals surface area contributed by atoms with Crippen molar-refractivity contribution in [3.05, 3.63) is 29.6 Å². The lowest BCUT2D eigenvalue weighted by molar-refractivity contribution is -0.275. The van der Waals surface area contributed by atoms with Crippen LogP contribution in [0.3, 0.4) is 0 Å². The van der Waals surface area contributed by atoms with Crippen molar-refractivity contribution in [1.29, 1.82) is 0 Å². The summed E-state index contributed by atoms with van der Waals surface area (Å²) in [5, 5.41) is 0.0107. The average Bonchev–Trinajstić information content (AvgIpc) is 2.22. The van der Waals surface area contributed by atoms with Crippen molar-refractivity contribution in [3.8, 4) is 5.75 Å². The summed E-state index contributed by atoms with van der Waals surface area (Å²) in [5.74, 6) is -2.44. The first-order valence-electron chi connectivity index (χ1n) is 4.44. The van der Waals surface area contributed by atoms with Gasteiger partial charge in [-0.25, -0.2) is 4.39 Å². The highest BCUT2D eigenvalue weighted by Gasteiger charge is 2.32. The van der Waals surface area contributed by atoms with Crippen LogP contribution in [0.1, 0.15) is 5.56 Å². The molecule has 1 rings (SSSR count). The first-order chi connectivity index (χ1) is 7.83. The predicted molar refractivity (Wildman–Crippen MR) is 55.6 cm³/mol. The summed E-state index contributed by atoms with van der Waals surface area (Å²) in [7, 11) is 0. The van der Waals surface area contributed by atoms with Crippen LogP contribution < -0.4 is 4.74 Å². The van der Waals surface area contributed by atoms with Gasteiger partial charge < -0.3 is 4.74 Å². The number of rotatable bonds is 4. The number of carbonyl (C=O) groups is 1. The third-order valence-electron chi connectivity index (χ3n) is 1.81. The molecule has 0 heterocycles. The standard InChI is InChI=1S/C10H7BrF4O2/c11-5-7(16)4-6-2-1-3-8(9(6)12)17-10(13,14)15/h1-3H,4-5H2. The maximum absolute atomic E-state index is 13.5. The van der Waals surface area contributed by atoms with E-state index in [1.54, 1.807) is 0 Å². The summed E-state index contributed by atoms with van der Waals surface area (Å²) in [6.07, 6.45) is -5.25. The van der Waals surface area contributed by atoms with Crippen LogP contribution in [0.5, 0.6) is 5.75 Å². The van der Waals surface area contributed by atoms with E-state index in [0.29, 0.717) is 0 Å². The molecule has 0 unspecified atom stereocenters. The molecule has 0 aromatic heterocycles. The summed E-state index contributed by atoms with van der Waals surface area (Å²) in [6, 6.07) is 3.28. The van der Waals surface area contributed by atoms with Crippen molar-refractivity contribution >= 4 is 21.7 Å². The molecule has 0 radical (unpaired) electrons. The molecule has 1 aromatic rings. The molecule has 0 aliphatic heterocycles. The SMILES string of the molecule is O=C(CBr)Cc1cccc(OC(F)(F)F)c1F. The van der Waals surface area contributed by atoms with Crippen molar-refractivity contribution in [2.45, 2.75) is 12.8 Å². The molecule has 0 atom stereocenters. The Morgan fingerprint density at radius 1 is 1.35 bits per heavy atom. The highest BCUT2D eigenvalue weighted by molar-refractivity contribution is 9.09. The Balaban J connectivity index is 2.95. The lowest BCUT2D eigenvalue weighted by Crippen LogP contribution is -2.18. The zero-order valence-corrected chi connectivity index (χ0v) is 9.94. The second kappa shape index (κ2) is 5.48. The van der Waals surface area contributed by atoms with Crippen molar-refractivity contribution in [2.75, 3.05) is 5.33 Å². The predicted octanol–water partition coefficient (Wildman–Crippen LogP) is 3.23. The number of hydrogen-bond donors (Lipinski definition) is 0. The van der Waals surface area contributed by atoms with Crippen molar-refractivity contribution < 1.29 is 27.1 Å². The number of halogens is 5. The largest absolute Gasteiger partial charge is 0.573 e. The average molecular weight is 315 g/mol. The topological polar surface area (TPSA) is 26.3 Å². The van der Waals surface area contributed by atoms with E-state index in [1.165, 1.54) is 12.1 Å². The molecule has 0 saturated carbocycles. The maximum Gasteiger partial charge on any atom is 0.573 e. The number of benzene rings is 1. The van der Waals surface area contributed by atoms with Crippen LogP contribution in [0, 0.1) is 5.82 Å². The van der Waals surface area contributed by atoms with Gasteiger partial charge in [0.05, 0.1) is 5.33 Å². The van der Waals surface area contributed by atoms with Gasteiger partial charge in [0, 0.05) is 6.42 Å². The fourth-order valence-corrected chi connectivity index (χ4v) is 1.35. The molecule has 0 saturated heterocycles. The first kappa shape index (κ1) is 14.0. The van der Waals surface area contributed by atoms with Crippen LogP contribution in [-0.2, 0) is 11.2 Å². The third-order valence-corrected chi connectivity index (χ3v) is 2.43. The van der Waals surface area contributed by atoms with Gasteiger partial charge in [-0.2, -0.15) is 0 Å². The molecule has 0 spiro atoms. The number of alkyl halides is 4. The molecular weight excluding hydrogens is 308 g/mol. The van der Waals surface area contributed by atoms with E-state index >= 15 is 0 Å². The Labute approximate surface area is 103 Å². The maximum atomic E-state index is 13.5. The van der Waals surface area contributed by atoms with Crippen LogP contribution in [-0.4, -0.2) is 17.5 Å². The zero-order valence-electron chi connectivity index (χ0n) is 8.35. The quantitative estimate of drug-likeness (QED) is 0.630. The molecular formula is C10H7BrF4O2. The molecule has 0 bridgehead atoms. The second-order valence-electron chi connectivity index (χ2n) is 3.13. The Hall–Kier alpha value is -1.11. The first-order valence-corrected chi connectivity index (χ1v) is 5.56. The lowest BCUT2D eigenvalue weighted by Gasteiger charge is -2.11. The monoisotopic (exact) mass is 314 g/mol. The highest BCUT2D eigenvalue weighted by atomic mass is 79.9. The van der Waals surface area contributed by atoms with E-state index in [1.807, 2.05) is 0 Å². The molecule has 0 fully saturated rings. The Kier molecular flexibility index (Phi) is 4.50. The van der Waals surface area contributed by atoms with Gasteiger partial charge in [-0.3, -0.25) is 4.79 Å². The van der Waals surface area contributed by atoms with Gasteiger partial charge in [-0.15, -0.1) is 13.2 Å². The smallest absolute Gasteiger partial charge is 0.403 e. The van der Waals surface area contributed by atoms with Gasteiger partial charge in [-0.1, -0.05) is 28.1 Å². The van der Waals surface area contributed by atoms with E-state index in [-0.39, 0.29) is 23.1 Å². The van der Waals surface area contributed by atoms with Gasteiger partial charge >= 0.3 is 6.36 Å². The molecule has 0 amide bonds. The summed E-state index contributed by atoms with van der Waals surface area (Å²) in [4.78, 5) is 11.1. The summed E-state index contributed by atoms with van der Waals surface area (Å²) >= 11 is 2.88. The minimum absolute atomic E-state index is 0.0107. The number of hydrogen-bond acceptors (Lipinski definition) is 2. The molecule has 2 nitrogen and oxygen atoms in total. The van der Waals surface area contributed by atoms with Crippen LogP contribution in [0.25, 0.3) is 0 Å². The Morgan fingerprint density at radius 3 is 2.53 bits per heavy atom. The molecule has 0 aliphatic rings. The summed E-state index contributed by atoms with van der Waals surface area (Å²) in [6.45, 7) is 0. The highest BCUT2D eigenvalue weighted by Crippen LogP contribution is 2.27. The molecule has 94 valence electrons. The molecule has 0 aliphatic carbocycles. The molecule has 7 heteroatoms. The van der Waals surface area contributed by atoms with Gasteiger partial charge in [0.1, 0.15) is 5.78 Å². The number of Topliss-reactive ketones (excluding diaryl/α,β-unsaturated/α-hetero) is 1. The van der Waals surface area contributed by atoms with Crippen LogP contribution in [0.4, 0.5) is 17.6 Å². The van der Waals surface area contributed by atoms with E-state index in [0.717, 1.165) is 6.07 Å². The summed E-state index contributed by atoms with van der Waals surface area (Å²) < 4.78 is 52.8. The van der Waals surface area contributed by atoms with E-state index in [4.69, 9.17) is 0 Å². The third kappa shape index (κ3) is 4.33. The normalized spacial score (nSPS) is 11.4. The second-order valence-corrected chi connectivity index (χ2v) is 3.69. The Morgan fingerprint density at radius 2 is 2.00 bits per heavy atom. The van der Waals surface area contributed by atoms with Crippen LogP contribution in [0.2, 0.25) is 0 Å². The van der Waals surface area contributed by atoms with Gasteiger partial charge in [0.15, 0.2) is 11.6 Å². The van der Waals surface area contributed by atoms with Crippen LogP contribution >= 0.6 is 15.9 Å². The minimum Gasteiger partial charge on any atom is -0.403 e. The minimum atomic E-state index is -4.96. The van der Waals surface area contributed by atoms with Crippen LogP contribution in [0.15, 0.2) is 18.2 Å². The lowest BCUT2D eigenvalue weighted by atomic mass is 10.1. The fourth-order valence-electron chi connectivity index (χ4n) is 1.16. The van der Waals surface area contributed by atoms with Crippen molar-refractivity contribution in [2.24, 2.45) is 0 Å². The Bertz CT molecular complexity index is 417. The van der Waals surface area contributed by atoms with Gasteiger partial charge in [0.25, 0.3) is 0 Å². The van der Waals surface area contributed by atoms with E-state index < -0.39 is 17.9 Å². The molecule has 17 heavy (non-hydrogen) atoms. The number of ketones is 1. The molecule has 1 aromatic carbocycles. The number of ether oxygens (including phenoxy) is 1. The van der Waals surface area contributed by atoms with Gasteiger partial charge in [0.2, 0.25) is 0 Å². The van der Waals surface area contributed by atoms with Gasteiger partial charge in [-0.05, 0) is 11.6 Å². The van der Waals surface area contributed by atoms with E-state index in [9.17, 15) is 22.4 Å². The van der Waals surface area contributed by atoms with Crippen molar-refractivity contribution in [1.82, 2.24) is 0 Å². The fraction of sp³-hybridized carbons (Fsp3) is 0.300. The molecule has 0 N–H and O–H groups in total. The zero-order chi connectivity index (χ0) is 13.1. The van der Waals surface area contributed by atoms with Crippen molar-refractivity contribution in [3.63, 3.8) is 0 Å².